The van der Waals surface area contributed by atoms with Crippen LogP contribution in [0.3, 0.4) is 0 Å². The third kappa shape index (κ3) is 3.84. The Balaban J connectivity index is 1.83. The maximum absolute atomic E-state index is 11.8. The van der Waals surface area contributed by atoms with Crippen LogP contribution in [0.25, 0.3) is 0 Å². The van der Waals surface area contributed by atoms with E-state index in [1.165, 1.54) is 0 Å². The van der Waals surface area contributed by atoms with Crippen LogP contribution in [0.5, 0.6) is 0 Å². The zero-order chi connectivity index (χ0) is 13.7. The number of hydrogen-bond donors (Lipinski definition) is 2. The Labute approximate surface area is 111 Å². The number of anilines is 1. The molecule has 2 rings (SSSR count). The van der Waals surface area contributed by atoms with Crippen LogP contribution >= 0.6 is 0 Å². The number of nitrogens with zero attached hydrogens (tertiary/aromatic N) is 1. The van der Waals surface area contributed by atoms with Crippen LogP contribution in [0, 0.1) is 0 Å². The van der Waals surface area contributed by atoms with Gasteiger partial charge in [0.25, 0.3) is 0 Å². The van der Waals surface area contributed by atoms with Gasteiger partial charge in [0, 0.05) is 18.2 Å². The molecule has 100 valence electrons. The van der Waals surface area contributed by atoms with E-state index in [0.717, 1.165) is 11.3 Å². The van der Waals surface area contributed by atoms with Gasteiger partial charge < -0.3 is 15.6 Å². The van der Waals surface area contributed by atoms with Crippen LogP contribution in [0.15, 0.2) is 41.1 Å². The zero-order valence-electron chi connectivity index (χ0n) is 10.8. The van der Waals surface area contributed by atoms with Crippen LogP contribution in [0.1, 0.15) is 30.6 Å². The molecule has 1 heterocycles. The number of hydrogen-bond acceptors (Lipinski definition) is 4. The van der Waals surface area contributed by atoms with Crippen LogP contribution in [0.4, 0.5) is 5.69 Å². The van der Waals surface area contributed by atoms with Crippen molar-refractivity contribution in [3.8, 4) is 0 Å². The highest BCUT2D eigenvalue weighted by Gasteiger charge is 2.11. The van der Waals surface area contributed by atoms with Crippen molar-refractivity contribution in [3.05, 3.63) is 47.9 Å². The largest absolute Gasteiger partial charge is 0.399 e. The van der Waals surface area contributed by atoms with Crippen LogP contribution in [-0.4, -0.2) is 11.1 Å². The van der Waals surface area contributed by atoms with Crippen LogP contribution < -0.4 is 11.1 Å². The molecule has 0 saturated heterocycles. The van der Waals surface area contributed by atoms with Crippen molar-refractivity contribution < 1.29 is 9.32 Å². The van der Waals surface area contributed by atoms with Crippen molar-refractivity contribution in [2.24, 2.45) is 0 Å². The fourth-order valence-electron chi connectivity index (χ4n) is 1.81. The molecule has 1 unspecified atom stereocenters. The number of aromatic nitrogens is 1. The van der Waals surface area contributed by atoms with Gasteiger partial charge in [-0.3, -0.25) is 4.79 Å². The fraction of sp³-hybridized carbons (Fsp3) is 0.286. The molecule has 2 aromatic rings. The summed E-state index contributed by atoms with van der Waals surface area (Å²) in [6.07, 6.45) is 1.98. The second-order valence-electron chi connectivity index (χ2n) is 4.53. The molecule has 1 aromatic heterocycles. The van der Waals surface area contributed by atoms with Crippen LogP contribution in [-0.2, 0) is 11.3 Å². The van der Waals surface area contributed by atoms with Gasteiger partial charge >= 0.3 is 0 Å². The third-order valence-corrected chi connectivity index (χ3v) is 2.95. The maximum Gasteiger partial charge on any atom is 0.220 e. The van der Waals surface area contributed by atoms with E-state index >= 15 is 0 Å². The summed E-state index contributed by atoms with van der Waals surface area (Å²) in [5.74, 6) is 0.782. The molecule has 0 aliphatic rings. The molecular formula is C14H17N3O2. The van der Waals surface area contributed by atoms with Gasteiger partial charge in [-0.15, -0.1) is 0 Å². The number of nitrogen functional groups attached to an aromatic ring is 1. The minimum Gasteiger partial charge on any atom is -0.399 e. The Morgan fingerprint density at radius 1 is 1.37 bits per heavy atom. The van der Waals surface area contributed by atoms with Crippen molar-refractivity contribution >= 4 is 11.6 Å². The Bertz CT molecular complexity index is 520. The second kappa shape index (κ2) is 6.04. The van der Waals surface area contributed by atoms with Crippen molar-refractivity contribution in [1.29, 1.82) is 0 Å². The monoisotopic (exact) mass is 259 g/mol. The van der Waals surface area contributed by atoms with E-state index < -0.39 is 0 Å². The smallest absolute Gasteiger partial charge is 0.220 e. The lowest BCUT2D eigenvalue weighted by Crippen LogP contribution is -2.23. The minimum absolute atomic E-state index is 0.0132. The zero-order valence-corrected chi connectivity index (χ0v) is 10.8. The first-order valence-electron chi connectivity index (χ1n) is 6.17. The highest BCUT2D eigenvalue weighted by Crippen LogP contribution is 2.19. The first-order valence-corrected chi connectivity index (χ1v) is 6.17. The number of amides is 1. The summed E-state index contributed by atoms with van der Waals surface area (Å²) in [6.45, 7) is 2.38. The fourth-order valence-corrected chi connectivity index (χ4v) is 1.81. The van der Waals surface area contributed by atoms with E-state index in [0.29, 0.717) is 18.7 Å². The minimum atomic E-state index is -0.0132. The van der Waals surface area contributed by atoms with Crippen molar-refractivity contribution in [2.75, 3.05) is 5.73 Å². The van der Waals surface area contributed by atoms with Gasteiger partial charge in [0.15, 0.2) is 5.76 Å². The molecule has 5 nitrogen and oxygen atoms in total. The topological polar surface area (TPSA) is 81.2 Å². The number of benzene rings is 1. The van der Waals surface area contributed by atoms with E-state index in [-0.39, 0.29) is 11.8 Å². The number of rotatable bonds is 5. The highest BCUT2D eigenvalue weighted by molar-refractivity contribution is 5.76. The molecule has 0 radical (unpaired) electrons. The SMILES string of the molecule is CC(CC(=O)NCc1ccno1)c1ccc(N)cc1. The third-order valence-electron chi connectivity index (χ3n) is 2.95. The molecule has 5 heteroatoms. The molecule has 0 aliphatic carbocycles. The number of nitrogens with one attached hydrogen (secondary N) is 1. The van der Waals surface area contributed by atoms with Gasteiger partial charge in [-0.1, -0.05) is 24.2 Å². The second-order valence-corrected chi connectivity index (χ2v) is 4.53. The molecule has 3 N–H and O–H groups in total. The standard InChI is InChI=1S/C14H17N3O2/c1-10(11-2-4-12(15)5-3-11)8-14(18)16-9-13-6-7-17-19-13/h2-7,10H,8-9,15H2,1H3,(H,16,18). The van der Waals surface area contributed by atoms with Crippen molar-refractivity contribution in [3.63, 3.8) is 0 Å². The lowest BCUT2D eigenvalue weighted by atomic mass is 9.97. The van der Waals surface area contributed by atoms with Crippen molar-refractivity contribution in [1.82, 2.24) is 10.5 Å². The summed E-state index contributed by atoms with van der Waals surface area (Å²) in [5.41, 5.74) is 7.46. The summed E-state index contributed by atoms with van der Waals surface area (Å²) < 4.78 is 4.91. The average Bonchev–Trinajstić information content (AvgIpc) is 2.90. The van der Waals surface area contributed by atoms with E-state index in [2.05, 4.69) is 10.5 Å². The van der Waals surface area contributed by atoms with E-state index in [1.54, 1.807) is 12.3 Å². The highest BCUT2D eigenvalue weighted by atomic mass is 16.5. The number of nitrogens with two attached hydrogens (primary N) is 1. The lowest BCUT2D eigenvalue weighted by Gasteiger charge is -2.11. The van der Waals surface area contributed by atoms with Gasteiger partial charge in [-0.2, -0.15) is 0 Å². The van der Waals surface area contributed by atoms with E-state index in [1.807, 2.05) is 31.2 Å². The Hall–Kier alpha value is -2.30. The van der Waals surface area contributed by atoms with Gasteiger partial charge in [-0.25, -0.2) is 0 Å². The summed E-state index contributed by atoms with van der Waals surface area (Å²) in [4.78, 5) is 11.8. The summed E-state index contributed by atoms with van der Waals surface area (Å²) in [7, 11) is 0. The number of carbonyl (C=O) groups is 1. The normalized spacial score (nSPS) is 12.1. The Kier molecular flexibility index (Phi) is 4.18. The van der Waals surface area contributed by atoms with Gasteiger partial charge in [0.2, 0.25) is 5.91 Å². The first-order chi connectivity index (χ1) is 9.15. The number of carbonyl (C=O) groups excluding carboxylic acids is 1. The quantitative estimate of drug-likeness (QED) is 0.805. The Morgan fingerprint density at radius 2 is 2.11 bits per heavy atom. The summed E-state index contributed by atoms with van der Waals surface area (Å²) >= 11 is 0. The maximum atomic E-state index is 11.8. The predicted molar refractivity (Wildman–Crippen MR) is 72.2 cm³/mol. The molecular weight excluding hydrogens is 242 g/mol. The van der Waals surface area contributed by atoms with E-state index in [4.69, 9.17) is 10.3 Å². The summed E-state index contributed by atoms with van der Waals surface area (Å²) in [6, 6.07) is 9.31. The molecule has 0 aliphatic heterocycles. The van der Waals surface area contributed by atoms with Gasteiger partial charge in [0.1, 0.15) is 0 Å². The average molecular weight is 259 g/mol. The first kappa shape index (κ1) is 13.1. The molecule has 0 fully saturated rings. The summed E-state index contributed by atoms with van der Waals surface area (Å²) in [5, 5.41) is 6.38. The molecule has 1 atom stereocenters. The van der Waals surface area contributed by atoms with Gasteiger partial charge in [-0.05, 0) is 23.6 Å². The van der Waals surface area contributed by atoms with Crippen LogP contribution in [0.2, 0.25) is 0 Å². The van der Waals surface area contributed by atoms with Crippen molar-refractivity contribution in [2.45, 2.75) is 25.8 Å². The molecule has 0 saturated carbocycles. The van der Waals surface area contributed by atoms with Gasteiger partial charge in [0.05, 0.1) is 12.7 Å². The predicted octanol–water partition coefficient (Wildman–Crippen LogP) is 2.07. The molecule has 0 bridgehead atoms. The molecule has 0 spiro atoms. The van der Waals surface area contributed by atoms with E-state index in [9.17, 15) is 4.79 Å². The molecule has 1 amide bonds. The molecule has 19 heavy (non-hydrogen) atoms. The Morgan fingerprint density at radius 3 is 2.74 bits per heavy atom. The molecule has 1 aromatic carbocycles. The lowest BCUT2D eigenvalue weighted by molar-refractivity contribution is -0.121.